The van der Waals surface area contributed by atoms with E-state index in [0.29, 0.717) is 16.5 Å². The Morgan fingerprint density at radius 1 is 0.971 bits per heavy atom. The molecule has 0 aliphatic rings. The average Bonchev–Trinajstić information content (AvgIpc) is 3.22. The van der Waals surface area contributed by atoms with Crippen LogP contribution in [0.2, 0.25) is 5.02 Å². The number of hydrogen-bond acceptors (Lipinski definition) is 11. The Hall–Kier alpha value is -2.90. The maximum absolute atomic E-state index is 13.5. The smallest absolute Gasteiger partial charge is 0.245 e. The summed E-state index contributed by atoms with van der Waals surface area (Å²) in [5, 5.41) is 7.73. The highest BCUT2D eigenvalue weighted by Gasteiger charge is 2.35. The molecule has 0 spiro atoms. The summed E-state index contributed by atoms with van der Waals surface area (Å²) in [5.74, 6) is 0.650. The van der Waals surface area contributed by atoms with E-state index in [-0.39, 0.29) is 29.3 Å². The van der Waals surface area contributed by atoms with Gasteiger partial charge in [-0.05, 0) is 6.92 Å². The Morgan fingerprint density at radius 2 is 1.56 bits per heavy atom. The van der Waals surface area contributed by atoms with Crippen molar-refractivity contribution in [2.24, 2.45) is 0 Å². The van der Waals surface area contributed by atoms with E-state index in [4.69, 9.17) is 25.8 Å². The van der Waals surface area contributed by atoms with Crippen LogP contribution in [0.3, 0.4) is 0 Å². The zero-order valence-electron chi connectivity index (χ0n) is 19.6. The summed E-state index contributed by atoms with van der Waals surface area (Å²) in [6.45, 7) is 5.34. The molecule has 3 heterocycles. The highest BCUT2D eigenvalue weighted by atomic mass is 35.5. The first-order valence-electron chi connectivity index (χ1n) is 10.2. The van der Waals surface area contributed by atoms with Crippen LogP contribution < -0.4 is 9.47 Å². The summed E-state index contributed by atoms with van der Waals surface area (Å²) in [6.07, 6.45) is 3.13. The van der Waals surface area contributed by atoms with Gasteiger partial charge in [0.2, 0.25) is 11.8 Å². The van der Waals surface area contributed by atoms with E-state index in [2.05, 4.69) is 30.1 Å². The fourth-order valence-electron chi connectivity index (χ4n) is 3.35. The van der Waals surface area contributed by atoms with Gasteiger partial charge in [0.15, 0.2) is 27.2 Å². The van der Waals surface area contributed by atoms with E-state index < -0.39 is 26.9 Å². The third-order valence-electron chi connectivity index (χ3n) is 5.11. The molecule has 3 aromatic heterocycles. The van der Waals surface area contributed by atoms with Gasteiger partial charge < -0.3 is 14.2 Å². The van der Waals surface area contributed by atoms with Crippen molar-refractivity contribution < 1.29 is 22.6 Å². The molecular weight excluding hydrogens is 486 g/mol. The van der Waals surface area contributed by atoms with Gasteiger partial charge in [-0.25, -0.2) is 18.4 Å². The van der Waals surface area contributed by atoms with Crippen molar-refractivity contribution >= 4 is 21.4 Å². The van der Waals surface area contributed by atoms with Gasteiger partial charge in [-0.15, -0.1) is 10.2 Å². The maximum atomic E-state index is 13.5. The summed E-state index contributed by atoms with van der Waals surface area (Å²) >= 11 is 5.86. The Bertz CT molecular complexity index is 1210. The Morgan fingerprint density at radius 3 is 2.06 bits per heavy atom. The van der Waals surface area contributed by atoms with Crippen molar-refractivity contribution in [3.8, 4) is 17.4 Å². The SMILES string of the molecule is COc1ncnc(OC)c1-n1c(CS(=O)(=O)[C@@H](C)[C@H](OC)c2ncc(Cl)cn2)nnc1C(C)C. The molecule has 0 fully saturated rings. The molecule has 0 saturated heterocycles. The Balaban J connectivity index is 2.08. The summed E-state index contributed by atoms with van der Waals surface area (Å²) in [5.41, 5.74) is 0.309. The minimum Gasteiger partial charge on any atom is -0.479 e. The van der Waals surface area contributed by atoms with Gasteiger partial charge in [0.1, 0.15) is 24.0 Å². The van der Waals surface area contributed by atoms with Gasteiger partial charge >= 0.3 is 0 Å². The van der Waals surface area contributed by atoms with E-state index in [1.807, 2.05) is 13.8 Å². The molecule has 0 aliphatic heterocycles. The Labute approximate surface area is 202 Å². The van der Waals surface area contributed by atoms with E-state index in [1.54, 1.807) is 4.57 Å². The van der Waals surface area contributed by atoms with Crippen LogP contribution in [-0.2, 0) is 20.3 Å². The average molecular weight is 512 g/mol. The Kier molecular flexibility index (Phi) is 8.00. The molecule has 0 radical (unpaired) electrons. The van der Waals surface area contributed by atoms with Crippen molar-refractivity contribution in [3.05, 3.63) is 41.2 Å². The summed E-state index contributed by atoms with van der Waals surface area (Å²) in [4.78, 5) is 16.5. The van der Waals surface area contributed by atoms with Crippen LogP contribution in [0.5, 0.6) is 11.8 Å². The van der Waals surface area contributed by atoms with Gasteiger partial charge in [-0.3, -0.25) is 4.57 Å². The molecule has 0 aromatic carbocycles. The van der Waals surface area contributed by atoms with Gasteiger partial charge in [0, 0.05) is 25.4 Å². The van der Waals surface area contributed by atoms with Gasteiger partial charge in [0.05, 0.1) is 24.5 Å². The van der Waals surface area contributed by atoms with Gasteiger partial charge in [-0.1, -0.05) is 25.4 Å². The first-order chi connectivity index (χ1) is 16.1. The monoisotopic (exact) mass is 511 g/mol. The van der Waals surface area contributed by atoms with Crippen molar-refractivity contribution in [2.75, 3.05) is 21.3 Å². The number of rotatable bonds is 10. The molecule has 0 amide bonds. The summed E-state index contributed by atoms with van der Waals surface area (Å²) in [7, 11) is 0.431. The van der Waals surface area contributed by atoms with Crippen LogP contribution >= 0.6 is 11.6 Å². The summed E-state index contributed by atoms with van der Waals surface area (Å²) in [6, 6.07) is 0. The minimum absolute atomic E-state index is 0.106. The number of aromatic nitrogens is 7. The van der Waals surface area contributed by atoms with Crippen LogP contribution in [0.1, 0.15) is 50.3 Å². The van der Waals surface area contributed by atoms with Crippen LogP contribution in [-0.4, -0.2) is 69.7 Å². The number of hydrogen-bond donors (Lipinski definition) is 0. The van der Waals surface area contributed by atoms with Crippen molar-refractivity contribution in [1.82, 2.24) is 34.7 Å². The first kappa shape index (κ1) is 25.7. The molecule has 184 valence electrons. The van der Waals surface area contributed by atoms with Gasteiger partial charge in [0.25, 0.3) is 0 Å². The second kappa shape index (κ2) is 10.6. The molecule has 0 unspecified atom stereocenters. The number of halogens is 1. The highest BCUT2D eigenvalue weighted by Crippen LogP contribution is 2.33. The molecule has 34 heavy (non-hydrogen) atoms. The van der Waals surface area contributed by atoms with E-state index in [0.717, 1.165) is 0 Å². The quantitative estimate of drug-likeness (QED) is 0.395. The lowest BCUT2D eigenvalue weighted by Crippen LogP contribution is -2.30. The molecule has 3 rings (SSSR count). The minimum atomic E-state index is -3.85. The van der Waals surface area contributed by atoms with Crippen LogP contribution in [0, 0.1) is 0 Å². The third kappa shape index (κ3) is 5.10. The standard InChI is InChI=1S/C20H26ClN7O5S/c1-11(2)18-27-26-14(28(18)15-19(32-5)24-10-25-20(15)33-6)9-34(29,30)12(3)16(31-4)17-22-7-13(21)8-23-17/h7-8,10-12,16H,9H2,1-6H3/t12-,16-/m0/s1. The predicted molar refractivity (Wildman–Crippen MR) is 123 cm³/mol. The van der Waals surface area contributed by atoms with Crippen LogP contribution in [0.15, 0.2) is 18.7 Å². The number of sulfone groups is 1. The van der Waals surface area contributed by atoms with E-state index in [9.17, 15) is 8.42 Å². The normalized spacial score (nSPS) is 13.6. The lowest BCUT2D eigenvalue weighted by molar-refractivity contribution is 0.0948. The second-order valence-electron chi connectivity index (χ2n) is 7.63. The molecule has 0 saturated carbocycles. The first-order valence-corrected chi connectivity index (χ1v) is 12.3. The van der Waals surface area contributed by atoms with Crippen molar-refractivity contribution in [2.45, 2.75) is 43.8 Å². The van der Waals surface area contributed by atoms with E-state index >= 15 is 0 Å². The lowest BCUT2D eigenvalue weighted by Gasteiger charge is -2.22. The molecular formula is C20H26ClN7O5S. The zero-order valence-corrected chi connectivity index (χ0v) is 21.2. The number of methoxy groups -OCH3 is 3. The molecule has 0 aliphatic carbocycles. The molecule has 0 N–H and O–H groups in total. The summed E-state index contributed by atoms with van der Waals surface area (Å²) < 4.78 is 44.8. The second-order valence-corrected chi connectivity index (χ2v) is 10.4. The molecule has 0 bridgehead atoms. The zero-order chi connectivity index (χ0) is 25.0. The van der Waals surface area contributed by atoms with Gasteiger partial charge in [-0.2, -0.15) is 9.97 Å². The topological polar surface area (TPSA) is 144 Å². The number of nitrogens with zero attached hydrogens (tertiary/aromatic N) is 7. The highest BCUT2D eigenvalue weighted by molar-refractivity contribution is 7.91. The lowest BCUT2D eigenvalue weighted by atomic mass is 10.2. The third-order valence-corrected chi connectivity index (χ3v) is 7.34. The van der Waals surface area contributed by atoms with Crippen molar-refractivity contribution in [1.29, 1.82) is 0 Å². The molecule has 2 atom stereocenters. The number of ether oxygens (including phenoxy) is 3. The molecule has 14 heteroatoms. The van der Waals surface area contributed by atoms with Crippen LogP contribution in [0.25, 0.3) is 5.69 Å². The molecule has 3 aromatic rings. The molecule has 12 nitrogen and oxygen atoms in total. The maximum Gasteiger partial charge on any atom is 0.245 e. The fraction of sp³-hybridized carbons (Fsp3) is 0.500. The van der Waals surface area contributed by atoms with Crippen molar-refractivity contribution in [3.63, 3.8) is 0 Å². The van der Waals surface area contributed by atoms with Crippen LogP contribution in [0.4, 0.5) is 0 Å². The fourth-order valence-corrected chi connectivity index (χ4v) is 4.87. The van der Waals surface area contributed by atoms with E-state index in [1.165, 1.54) is 47.0 Å². The predicted octanol–water partition coefficient (Wildman–Crippen LogP) is 2.33. The largest absolute Gasteiger partial charge is 0.479 e.